The maximum absolute atomic E-state index is 6.66. The van der Waals surface area contributed by atoms with Crippen LogP contribution in [0.2, 0.25) is 0 Å². The molecule has 6 nitrogen and oxygen atoms in total. The zero-order valence-electron chi connectivity index (χ0n) is 28.2. The Morgan fingerprint density at radius 1 is 0.396 bits per heavy atom. The number of aromatic nitrogens is 5. The fraction of sp³-hybridized carbons (Fsp3) is 0. The summed E-state index contributed by atoms with van der Waals surface area (Å²) in [6, 6.07) is 57.0. The molecule has 0 atom stereocenters. The fourth-order valence-corrected chi connectivity index (χ4v) is 8.50. The lowest BCUT2D eigenvalue weighted by molar-refractivity contribution is 0.673. The maximum atomic E-state index is 6.66. The standard InChI is InChI=1S/C47H27N5O/c1-3-14-28(15-4-1)45-48-46(29-16-5-2-6-17-29)50-47(49-45)32-19-8-11-23-36(32)51-37-24-13-21-31-30-18-7-10-22-35(30)52-42-34(26-27-38(51)41(42)40(31)37)44-43(52)33-20-9-12-25-39(33)53-44/h1-27H. The average molecular weight is 678 g/mol. The molecular weight excluding hydrogens is 651 g/mol. The molecule has 12 rings (SSSR count). The first kappa shape index (κ1) is 28.4. The zero-order valence-corrected chi connectivity index (χ0v) is 28.2. The normalized spacial score (nSPS) is 12.2. The van der Waals surface area contributed by atoms with Crippen molar-refractivity contribution in [1.29, 1.82) is 0 Å². The van der Waals surface area contributed by atoms with Crippen LogP contribution in [0, 0.1) is 0 Å². The number of para-hydroxylation sites is 3. The predicted octanol–water partition coefficient (Wildman–Crippen LogP) is 11.9. The first-order valence-electron chi connectivity index (χ1n) is 17.8. The zero-order chi connectivity index (χ0) is 34.6. The smallest absolute Gasteiger partial charge is 0.166 e. The highest BCUT2D eigenvalue weighted by Crippen LogP contribution is 2.47. The summed E-state index contributed by atoms with van der Waals surface area (Å²) in [5.74, 6) is 1.88. The Morgan fingerprint density at radius 3 is 1.79 bits per heavy atom. The number of hydrogen-bond acceptors (Lipinski definition) is 4. The third-order valence-electron chi connectivity index (χ3n) is 10.7. The van der Waals surface area contributed by atoms with E-state index < -0.39 is 0 Å². The third kappa shape index (κ3) is 3.89. The van der Waals surface area contributed by atoms with E-state index in [1.54, 1.807) is 0 Å². The molecule has 246 valence electrons. The lowest BCUT2D eigenvalue weighted by Crippen LogP contribution is -2.03. The monoisotopic (exact) mass is 677 g/mol. The molecule has 12 aromatic rings. The van der Waals surface area contributed by atoms with Crippen LogP contribution in [0.5, 0.6) is 0 Å². The molecule has 0 unspecified atom stereocenters. The van der Waals surface area contributed by atoms with Crippen molar-refractivity contribution in [2.75, 3.05) is 0 Å². The Kier molecular flexibility index (Phi) is 5.68. The minimum atomic E-state index is 0.616. The van der Waals surface area contributed by atoms with E-state index in [9.17, 15) is 0 Å². The van der Waals surface area contributed by atoms with Gasteiger partial charge in [0.05, 0.1) is 27.8 Å². The van der Waals surface area contributed by atoms with Crippen LogP contribution in [0.25, 0.3) is 111 Å². The van der Waals surface area contributed by atoms with E-state index in [0.717, 1.165) is 71.9 Å². The average Bonchev–Trinajstić information content (AvgIpc) is 3.85. The van der Waals surface area contributed by atoms with Crippen LogP contribution >= 0.6 is 0 Å². The molecule has 0 amide bonds. The van der Waals surface area contributed by atoms with Gasteiger partial charge in [-0.1, -0.05) is 115 Å². The Morgan fingerprint density at radius 2 is 1.00 bits per heavy atom. The highest BCUT2D eigenvalue weighted by atomic mass is 16.3. The maximum Gasteiger partial charge on any atom is 0.166 e. The molecule has 0 N–H and O–H groups in total. The topological polar surface area (TPSA) is 61.2 Å². The summed E-state index contributed by atoms with van der Waals surface area (Å²) in [6.07, 6.45) is 0. The van der Waals surface area contributed by atoms with Crippen molar-refractivity contribution < 1.29 is 4.42 Å². The van der Waals surface area contributed by atoms with Crippen LogP contribution in [-0.4, -0.2) is 23.9 Å². The molecule has 6 heteroatoms. The minimum absolute atomic E-state index is 0.616. The van der Waals surface area contributed by atoms with E-state index in [2.05, 4.69) is 106 Å². The highest BCUT2D eigenvalue weighted by Gasteiger charge is 2.26. The number of fused-ring (bicyclic) bond motifs is 8. The Hall–Kier alpha value is -7.31. The quantitative estimate of drug-likeness (QED) is 0.186. The van der Waals surface area contributed by atoms with Crippen LogP contribution in [0.4, 0.5) is 0 Å². The van der Waals surface area contributed by atoms with Crippen molar-refractivity contribution in [1.82, 2.24) is 23.9 Å². The summed E-state index contributed by atoms with van der Waals surface area (Å²) in [5.41, 5.74) is 11.2. The summed E-state index contributed by atoms with van der Waals surface area (Å²) in [7, 11) is 0. The van der Waals surface area contributed by atoms with Crippen LogP contribution in [-0.2, 0) is 0 Å². The highest BCUT2D eigenvalue weighted by molar-refractivity contribution is 6.34. The number of nitrogens with zero attached hydrogens (tertiary/aromatic N) is 5. The van der Waals surface area contributed by atoms with Gasteiger partial charge < -0.3 is 13.4 Å². The molecule has 0 spiro atoms. The van der Waals surface area contributed by atoms with Crippen molar-refractivity contribution in [2.45, 2.75) is 0 Å². The Bertz CT molecular complexity index is 3330. The molecule has 0 saturated heterocycles. The van der Waals surface area contributed by atoms with Gasteiger partial charge in [-0.25, -0.2) is 15.0 Å². The van der Waals surface area contributed by atoms with Gasteiger partial charge in [-0.05, 0) is 53.9 Å². The van der Waals surface area contributed by atoms with E-state index >= 15 is 0 Å². The predicted molar refractivity (Wildman–Crippen MR) is 215 cm³/mol. The SMILES string of the molecule is c1ccc(-c2nc(-c3ccccc3)nc(-c3ccccc3-n3c4cccc5c6ccccc6n6c7c8ccccc8oc7c7ccc3c(c54)c76)n2)cc1. The van der Waals surface area contributed by atoms with Gasteiger partial charge in [0.15, 0.2) is 23.1 Å². The molecule has 7 aromatic carbocycles. The van der Waals surface area contributed by atoms with Crippen molar-refractivity contribution in [3.63, 3.8) is 0 Å². The van der Waals surface area contributed by atoms with Gasteiger partial charge in [0.2, 0.25) is 0 Å². The van der Waals surface area contributed by atoms with Crippen molar-refractivity contribution >= 4 is 71.1 Å². The van der Waals surface area contributed by atoms with Crippen molar-refractivity contribution in [3.05, 3.63) is 164 Å². The first-order chi connectivity index (χ1) is 26.3. The van der Waals surface area contributed by atoms with Crippen LogP contribution in [0.15, 0.2) is 168 Å². The number of rotatable bonds is 4. The minimum Gasteiger partial charge on any atom is -0.454 e. The van der Waals surface area contributed by atoms with Gasteiger partial charge in [0, 0.05) is 43.6 Å². The van der Waals surface area contributed by atoms with E-state index in [1.165, 1.54) is 21.5 Å². The second-order valence-electron chi connectivity index (χ2n) is 13.6. The third-order valence-corrected chi connectivity index (χ3v) is 10.7. The molecular formula is C47H27N5O. The summed E-state index contributed by atoms with van der Waals surface area (Å²) in [5, 5.41) is 6.99. The summed E-state index contributed by atoms with van der Waals surface area (Å²) >= 11 is 0. The molecule has 0 aliphatic rings. The van der Waals surface area contributed by atoms with E-state index in [-0.39, 0.29) is 0 Å². The second kappa shape index (κ2) is 10.6. The van der Waals surface area contributed by atoms with Gasteiger partial charge in [-0.15, -0.1) is 0 Å². The van der Waals surface area contributed by atoms with Crippen LogP contribution in [0.3, 0.4) is 0 Å². The molecule has 0 aliphatic heterocycles. The van der Waals surface area contributed by atoms with Gasteiger partial charge >= 0.3 is 0 Å². The molecule has 0 aliphatic carbocycles. The summed E-state index contributed by atoms with van der Waals surface area (Å²) in [4.78, 5) is 15.3. The van der Waals surface area contributed by atoms with Gasteiger partial charge in [0.25, 0.3) is 0 Å². The number of furan rings is 1. The van der Waals surface area contributed by atoms with Gasteiger partial charge in [-0.2, -0.15) is 0 Å². The van der Waals surface area contributed by atoms with Crippen LogP contribution in [0.1, 0.15) is 0 Å². The lowest BCUT2D eigenvalue weighted by Gasteiger charge is -2.15. The molecule has 0 fully saturated rings. The molecule has 5 heterocycles. The summed E-state index contributed by atoms with van der Waals surface area (Å²) < 4.78 is 11.5. The van der Waals surface area contributed by atoms with Crippen LogP contribution < -0.4 is 0 Å². The van der Waals surface area contributed by atoms with Gasteiger partial charge in [-0.3, -0.25) is 0 Å². The second-order valence-corrected chi connectivity index (χ2v) is 13.6. The van der Waals surface area contributed by atoms with Gasteiger partial charge in [0.1, 0.15) is 11.1 Å². The summed E-state index contributed by atoms with van der Waals surface area (Å²) in [6.45, 7) is 0. The molecule has 5 aromatic heterocycles. The molecule has 53 heavy (non-hydrogen) atoms. The molecule has 0 bridgehead atoms. The lowest BCUT2D eigenvalue weighted by atomic mass is 10.0. The Balaban J connectivity index is 1.23. The number of benzene rings is 7. The Labute approximate surface area is 302 Å². The molecule has 0 radical (unpaired) electrons. The van der Waals surface area contributed by atoms with E-state index in [4.69, 9.17) is 19.4 Å². The van der Waals surface area contributed by atoms with E-state index in [0.29, 0.717) is 17.5 Å². The molecule has 0 saturated carbocycles. The fourth-order valence-electron chi connectivity index (χ4n) is 8.50. The van der Waals surface area contributed by atoms with Crippen molar-refractivity contribution in [3.8, 4) is 39.9 Å². The first-order valence-corrected chi connectivity index (χ1v) is 17.8. The van der Waals surface area contributed by atoms with Crippen molar-refractivity contribution in [2.24, 2.45) is 0 Å². The number of hydrogen-bond donors (Lipinski definition) is 0. The van der Waals surface area contributed by atoms with E-state index in [1.807, 2.05) is 66.7 Å². The largest absolute Gasteiger partial charge is 0.454 e.